The smallest absolute Gasteiger partial charge is 0.342 e. The van der Waals surface area contributed by atoms with Crippen LogP contribution in [0, 0.1) is 5.82 Å². The summed E-state index contributed by atoms with van der Waals surface area (Å²) in [4.78, 5) is 15.1. The second kappa shape index (κ2) is 3.55. The number of oxazole rings is 1. The number of nitrogens with zero attached hydrogens (tertiary/aromatic N) is 1. The maximum absolute atomic E-state index is 13.4. The van der Waals surface area contributed by atoms with Gasteiger partial charge < -0.3 is 9.52 Å². The van der Waals surface area contributed by atoms with Crippen molar-refractivity contribution in [2.75, 3.05) is 0 Å². The summed E-state index contributed by atoms with van der Waals surface area (Å²) in [7, 11) is 0. The number of rotatable bonds is 1. The number of aromatic carboxylic acids is 1. The molecule has 0 bridgehead atoms. The first-order valence-corrected chi connectivity index (χ1v) is 5.13. The van der Waals surface area contributed by atoms with Crippen LogP contribution in [0.5, 0.6) is 0 Å². The third kappa shape index (κ3) is 1.88. The van der Waals surface area contributed by atoms with Gasteiger partial charge in [-0.3, -0.25) is 0 Å². The van der Waals surface area contributed by atoms with E-state index in [1.807, 2.05) is 20.8 Å². The van der Waals surface area contributed by atoms with Gasteiger partial charge in [0.25, 0.3) is 0 Å². The maximum atomic E-state index is 13.4. The van der Waals surface area contributed by atoms with Gasteiger partial charge in [-0.2, -0.15) is 0 Å². The minimum absolute atomic E-state index is 0.0116. The lowest BCUT2D eigenvalue weighted by atomic mass is 9.97. The molecule has 2 aromatic rings. The second-order valence-electron chi connectivity index (χ2n) is 4.84. The third-order valence-corrected chi connectivity index (χ3v) is 2.36. The van der Waals surface area contributed by atoms with E-state index in [2.05, 4.69) is 4.98 Å². The van der Waals surface area contributed by atoms with Crippen LogP contribution < -0.4 is 0 Å². The number of halogens is 1. The molecule has 1 heterocycles. The van der Waals surface area contributed by atoms with Gasteiger partial charge in [0.05, 0.1) is 0 Å². The Kier molecular flexibility index (Phi) is 2.41. The number of aromatic nitrogens is 1. The summed E-state index contributed by atoms with van der Waals surface area (Å²) in [6.07, 6.45) is 0. The topological polar surface area (TPSA) is 63.3 Å². The third-order valence-electron chi connectivity index (χ3n) is 2.36. The average molecular weight is 237 g/mol. The molecule has 0 amide bonds. The van der Waals surface area contributed by atoms with Crippen LogP contribution in [0.3, 0.4) is 0 Å². The van der Waals surface area contributed by atoms with Gasteiger partial charge in [0.15, 0.2) is 5.58 Å². The lowest BCUT2D eigenvalue weighted by Gasteiger charge is -2.11. The molecule has 4 nitrogen and oxygen atoms in total. The Balaban J connectivity index is 2.78. The molecule has 90 valence electrons. The molecule has 0 fully saturated rings. The van der Waals surface area contributed by atoms with E-state index in [1.54, 1.807) is 0 Å². The van der Waals surface area contributed by atoms with Crippen molar-refractivity contribution in [2.45, 2.75) is 26.2 Å². The summed E-state index contributed by atoms with van der Waals surface area (Å²) >= 11 is 0. The molecule has 17 heavy (non-hydrogen) atoms. The van der Waals surface area contributed by atoms with E-state index in [4.69, 9.17) is 9.52 Å². The molecule has 2 rings (SSSR count). The van der Waals surface area contributed by atoms with Crippen molar-refractivity contribution in [3.05, 3.63) is 29.4 Å². The molecule has 0 atom stereocenters. The van der Waals surface area contributed by atoms with Crippen LogP contribution in [0.1, 0.15) is 37.0 Å². The van der Waals surface area contributed by atoms with Crippen molar-refractivity contribution in [1.29, 1.82) is 0 Å². The minimum atomic E-state index is -1.36. The number of fused-ring (bicyclic) bond motifs is 1. The fourth-order valence-electron chi connectivity index (χ4n) is 1.49. The molecule has 0 radical (unpaired) electrons. The van der Waals surface area contributed by atoms with Crippen LogP contribution in [0.15, 0.2) is 16.5 Å². The monoisotopic (exact) mass is 237 g/mol. The highest BCUT2D eigenvalue weighted by Gasteiger charge is 2.25. The van der Waals surface area contributed by atoms with E-state index in [-0.39, 0.29) is 11.0 Å². The lowest BCUT2D eigenvalue weighted by molar-refractivity contribution is 0.0693. The van der Waals surface area contributed by atoms with Crippen LogP contribution in [0.25, 0.3) is 11.1 Å². The summed E-state index contributed by atoms with van der Waals surface area (Å²) in [6, 6.07) is 2.50. The molecular weight excluding hydrogens is 225 g/mol. The summed E-state index contributed by atoms with van der Waals surface area (Å²) in [5.41, 5.74) is -0.479. The quantitative estimate of drug-likeness (QED) is 0.828. The SMILES string of the molecule is CC(C)(C)c1nc2ccc(F)c(C(=O)O)c2o1. The summed E-state index contributed by atoms with van der Waals surface area (Å²) in [5, 5.41) is 8.95. The average Bonchev–Trinajstić information content (AvgIpc) is 2.59. The molecule has 1 N–H and O–H groups in total. The number of hydrogen-bond acceptors (Lipinski definition) is 3. The molecule has 0 unspecified atom stereocenters. The van der Waals surface area contributed by atoms with Crippen molar-refractivity contribution in [2.24, 2.45) is 0 Å². The van der Waals surface area contributed by atoms with Crippen molar-refractivity contribution >= 4 is 17.1 Å². The second-order valence-corrected chi connectivity index (χ2v) is 4.84. The molecule has 0 spiro atoms. The molecule has 5 heteroatoms. The minimum Gasteiger partial charge on any atom is -0.477 e. The van der Waals surface area contributed by atoms with E-state index in [0.29, 0.717) is 11.4 Å². The largest absolute Gasteiger partial charge is 0.477 e. The normalized spacial score (nSPS) is 12.0. The van der Waals surface area contributed by atoms with Gasteiger partial charge in [-0.1, -0.05) is 20.8 Å². The van der Waals surface area contributed by atoms with Gasteiger partial charge in [-0.05, 0) is 12.1 Å². The molecule has 1 aromatic carbocycles. The predicted octanol–water partition coefficient (Wildman–Crippen LogP) is 2.96. The first-order valence-electron chi connectivity index (χ1n) is 5.13. The van der Waals surface area contributed by atoms with Gasteiger partial charge in [0.1, 0.15) is 16.9 Å². The summed E-state index contributed by atoms with van der Waals surface area (Å²) in [5.74, 6) is -1.79. The zero-order valence-electron chi connectivity index (χ0n) is 9.74. The fraction of sp³-hybridized carbons (Fsp3) is 0.333. The van der Waals surface area contributed by atoms with Gasteiger partial charge in [-0.15, -0.1) is 0 Å². The molecule has 1 aromatic heterocycles. The van der Waals surface area contributed by atoms with E-state index in [9.17, 15) is 9.18 Å². The van der Waals surface area contributed by atoms with Crippen molar-refractivity contribution in [1.82, 2.24) is 4.98 Å². The Morgan fingerprint density at radius 3 is 2.59 bits per heavy atom. The molecule has 0 aliphatic carbocycles. The highest BCUT2D eigenvalue weighted by molar-refractivity contribution is 6.00. The highest BCUT2D eigenvalue weighted by atomic mass is 19.1. The Morgan fingerprint density at radius 1 is 1.41 bits per heavy atom. The Morgan fingerprint density at radius 2 is 2.06 bits per heavy atom. The van der Waals surface area contributed by atoms with Crippen molar-refractivity contribution in [3.63, 3.8) is 0 Å². The van der Waals surface area contributed by atoms with Crippen molar-refractivity contribution in [3.8, 4) is 0 Å². The van der Waals surface area contributed by atoms with Gasteiger partial charge >= 0.3 is 5.97 Å². The maximum Gasteiger partial charge on any atom is 0.342 e. The van der Waals surface area contributed by atoms with Gasteiger partial charge in [0.2, 0.25) is 5.89 Å². The summed E-state index contributed by atoms with van der Waals surface area (Å²) in [6.45, 7) is 5.65. The first kappa shape index (κ1) is 11.6. The molecule has 0 saturated carbocycles. The molecule has 0 saturated heterocycles. The van der Waals surface area contributed by atoms with Crippen LogP contribution in [0.2, 0.25) is 0 Å². The first-order chi connectivity index (χ1) is 7.80. The highest BCUT2D eigenvalue weighted by Crippen LogP contribution is 2.28. The Bertz CT molecular complexity index is 596. The predicted molar refractivity (Wildman–Crippen MR) is 59.6 cm³/mol. The zero-order valence-corrected chi connectivity index (χ0v) is 9.74. The zero-order chi connectivity index (χ0) is 12.8. The molecular formula is C12H12FNO3. The Hall–Kier alpha value is -1.91. The van der Waals surface area contributed by atoms with Crippen molar-refractivity contribution < 1.29 is 18.7 Å². The van der Waals surface area contributed by atoms with E-state index < -0.39 is 17.3 Å². The standard InChI is InChI=1S/C12H12FNO3/c1-12(2,3)11-14-7-5-4-6(13)8(10(15)16)9(7)17-11/h4-5H,1-3H3,(H,15,16). The Labute approximate surface area is 97.1 Å². The number of carboxylic acids is 1. The van der Waals surface area contributed by atoms with Crippen LogP contribution in [-0.2, 0) is 5.41 Å². The number of carbonyl (C=O) groups is 1. The van der Waals surface area contributed by atoms with Crippen LogP contribution >= 0.6 is 0 Å². The van der Waals surface area contributed by atoms with Crippen LogP contribution in [0.4, 0.5) is 4.39 Å². The van der Waals surface area contributed by atoms with E-state index in [0.717, 1.165) is 6.07 Å². The van der Waals surface area contributed by atoms with Crippen LogP contribution in [-0.4, -0.2) is 16.1 Å². The summed E-state index contributed by atoms with van der Waals surface area (Å²) < 4.78 is 18.8. The number of carboxylic acid groups (broad SMARTS) is 1. The van der Waals surface area contributed by atoms with E-state index >= 15 is 0 Å². The lowest BCUT2D eigenvalue weighted by Crippen LogP contribution is -2.10. The van der Waals surface area contributed by atoms with Gasteiger partial charge in [0, 0.05) is 5.41 Å². The number of hydrogen-bond donors (Lipinski definition) is 1. The van der Waals surface area contributed by atoms with Gasteiger partial charge in [-0.25, -0.2) is 14.2 Å². The molecule has 0 aliphatic rings. The van der Waals surface area contributed by atoms with E-state index in [1.165, 1.54) is 6.07 Å². The molecule has 0 aliphatic heterocycles. The number of benzene rings is 1. The fourth-order valence-corrected chi connectivity index (χ4v) is 1.49.